The number of nitrogens with zero attached hydrogens (tertiary/aromatic N) is 3. The molecule has 0 N–H and O–H groups in total. The molecule has 0 radical (unpaired) electrons. The third kappa shape index (κ3) is 4.97. The molecule has 3 fully saturated rings. The van der Waals surface area contributed by atoms with Crippen molar-refractivity contribution in [1.82, 2.24) is 9.97 Å². The van der Waals surface area contributed by atoms with Gasteiger partial charge in [-0.25, -0.2) is 8.78 Å². The topological polar surface area (TPSA) is 47.5 Å². The Bertz CT molecular complexity index is 1120. The molecule has 2 saturated carbocycles. The summed E-state index contributed by atoms with van der Waals surface area (Å²) in [5, 5.41) is 0.549. The van der Waals surface area contributed by atoms with Crippen LogP contribution < -0.4 is 9.64 Å². The van der Waals surface area contributed by atoms with Gasteiger partial charge in [-0.15, -0.1) is 0 Å². The maximum atomic E-state index is 15.1. The highest BCUT2D eigenvalue weighted by atomic mass is 79.9. The van der Waals surface area contributed by atoms with E-state index in [4.69, 9.17) is 14.1 Å². The zero-order valence-electron chi connectivity index (χ0n) is 21.4. The van der Waals surface area contributed by atoms with Crippen LogP contribution in [-0.4, -0.2) is 44.6 Å². The van der Waals surface area contributed by atoms with Crippen LogP contribution in [0.2, 0.25) is 18.1 Å². The van der Waals surface area contributed by atoms with Gasteiger partial charge in [-0.2, -0.15) is 9.97 Å². The van der Waals surface area contributed by atoms with Crippen molar-refractivity contribution >= 4 is 41.0 Å². The Morgan fingerprint density at radius 2 is 1.77 bits per heavy atom. The van der Waals surface area contributed by atoms with E-state index in [2.05, 4.69) is 59.7 Å². The zero-order valence-corrected chi connectivity index (χ0v) is 24.0. The fraction of sp³-hybridized carbons (Fsp3) is 0.692. The predicted molar refractivity (Wildman–Crippen MR) is 141 cm³/mol. The third-order valence-corrected chi connectivity index (χ3v) is 13.9. The lowest BCUT2D eigenvalue weighted by Crippen LogP contribution is -2.42. The predicted octanol–water partition coefficient (Wildman–Crippen LogP) is 7.09. The van der Waals surface area contributed by atoms with Crippen molar-refractivity contribution in [2.24, 2.45) is 17.3 Å². The molecule has 1 aliphatic heterocycles. The van der Waals surface area contributed by atoms with Gasteiger partial charge < -0.3 is 14.1 Å². The average molecular weight is 569 g/mol. The highest BCUT2D eigenvalue weighted by Crippen LogP contribution is 2.48. The normalized spacial score (nSPS) is 23.7. The van der Waals surface area contributed by atoms with Crippen LogP contribution in [0.1, 0.15) is 52.9 Å². The molecule has 2 bridgehead atoms. The number of piperidine rings is 1. The van der Waals surface area contributed by atoms with E-state index in [9.17, 15) is 4.39 Å². The standard InChI is InChI=1S/C26H36BrF2N3O2Si/c1-25(2,3)35(4,5)34-15-26(8-9-26)14-33-24-30-22-18(11-19(28)20(27)21(22)29)23(31-24)32-12-16-6-7-17(10-16)13-32/h11,16-17H,6-10,12-15H2,1-5H3. The fourth-order valence-corrected chi connectivity index (χ4v) is 6.50. The molecule has 5 rings (SSSR count). The molecule has 0 spiro atoms. The number of halogens is 3. The summed E-state index contributed by atoms with van der Waals surface area (Å²) in [4.78, 5) is 11.3. The maximum absolute atomic E-state index is 15.1. The Morgan fingerprint density at radius 1 is 1.11 bits per heavy atom. The van der Waals surface area contributed by atoms with Crippen LogP contribution in [0.25, 0.3) is 10.9 Å². The molecule has 35 heavy (non-hydrogen) atoms. The van der Waals surface area contributed by atoms with Crippen LogP contribution in [0.4, 0.5) is 14.6 Å². The molecule has 192 valence electrons. The van der Waals surface area contributed by atoms with Gasteiger partial charge in [0.15, 0.2) is 14.1 Å². The first-order chi connectivity index (χ1) is 16.4. The molecule has 5 nitrogen and oxygen atoms in total. The fourth-order valence-electron chi connectivity index (χ4n) is 5.10. The quantitative estimate of drug-likeness (QED) is 0.264. The van der Waals surface area contributed by atoms with Crippen molar-refractivity contribution in [2.45, 2.75) is 71.0 Å². The van der Waals surface area contributed by atoms with Gasteiger partial charge in [-0.3, -0.25) is 0 Å². The van der Waals surface area contributed by atoms with E-state index in [1.807, 2.05) is 0 Å². The Kier molecular flexibility index (Phi) is 6.45. The number of rotatable bonds is 7. The van der Waals surface area contributed by atoms with Gasteiger partial charge in [0.1, 0.15) is 17.2 Å². The highest BCUT2D eigenvalue weighted by Gasteiger charge is 2.47. The van der Waals surface area contributed by atoms with Crippen molar-refractivity contribution in [3.63, 3.8) is 0 Å². The number of ether oxygens (including phenoxy) is 1. The van der Waals surface area contributed by atoms with Gasteiger partial charge in [0.05, 0.1) is 11.1 Å². The van der Waals surface area contributed by atoms with Gasteiger partial charge in [0.2, 0.25) is 0 Å². The minimum Gasteiger partial charge on any atom is -0.463 e. The highest BCUT2D eigenvalue weighted by molar-refractivity contribution is 9.10. The van der Waals surface area contributed by atoms with Crippen molar-refractivity contribution < 1.29 is 17.9 Å². The van der Waals surface area contributed by atoms with E-state index in [1.165, 1.54) is 25.3 Å². The SMILES string of the molecule is CC(C)(C)[Si](C)(C)OCC1(COc2nc(N3CC4CCC(C4)C3)c3cc(F)c(Br)c(F)c3n2)CC1. The monoisotopic (exact) mass is 567 g/mol. The van der Waals surface area contributed by atoms with Gasteiger partial charge in [-0.1, -0.05) is 20.8 Å². The van der Waals surface area contributed by atoms with Crippen LogP contribution in [0, 0.1) is 28.9 Å². The van der Waals surface area contributed by atoms with Gasteiger partial charge in [-0.05, 0) is 84.1 Å². The first-order valence-corrected chi connectivity index (χ1v) is 16.4. The van der Waals surface area contributed by atoms with Crippen molar-refractivity contribution in [3.8, 4) is 6.01 Å². The van der Waals surface area contributed by atoms with Crippen LogP contribution in [-0.2, 0) is 4.43 Å². The van der Waals surface area contributed by atoms with Gasteiger partial charge in [0, 0.05) is 30.5 Å². The Balaban J connectivity index is 1.40. The zero-order chi connectivity index (χ0) is 25.2. The minimum atomic E-state index is -1.86. The number of hydrogen-bond donors (Lipinski definition) is 0. The minimum absolute atomic E-state index is 0.0415. The largest absolute Gasteiger partial charge is 0.463 e. The average Bonchev–Trinajstić information content (AvgIpc) is 3.50. The van der Waals surface area contributed by atoms with Crippen LogP contribution in [0.3, 0.4) is 0 Å². The summed E-state index contributed by atoms with van der Waals surface area (Å²) < 4.78 is 42.0. The van der Waals surface area contributed by atoms with E-state index < -0.39 is 20.0 Å². The number of benzene rings is 1. The molecule has 2 atom stereocenters. The molecule has 1 saturated heterocycles. The summed E-state index contributed by atoms with van der Waals surface area (Å²) in [5.74, 6) is 0.435. The lowest BCUT2D eigenvalue weighted by molar-refractivity contribution is 0.144. The molecule has 1 aromatic heterocycles. The van der Waals surface area contributed by atoms with Crippen LogP contribution >= 0.6 is 15.9 Å². The summed E-state index contributed by atoms with van der Waals surface area (Å²) in [6.45, 7) is 14.0. The Morgan fingerprint density at radius 3 is 2.37 bits per heavy atom. The second kappa shape index (κ2) is 8.91. The van der Waals surface area contributed by atoms with Gasteiger partial charge >= 0.3 is 6.01 Å². The summed E-state index contributed by atoms with van der Waals surface area (Å²) in [5.41, 5.74) is 0.0544. The number of aromatic nitrogens is 2. The van der Waals surface area contributed by atoms with Crippen molar-refractivity contribution in [3.05, 3.63) is 22.2 Å². The molecule has 2 aromatic rings. The van der Waals surface area contributed by atoms with E-state index in [1.54, 1.807) is 0 Å². The molecule has 2 aliphatic carbocycles. The number of fused-ring (bicyclic) bond motifs is 3. The van der Waals surface area contributed by atoms with E-state index in [0.29, 0.717) is 36.3 Å². The third-order valence-electron chi connectivity index (χ3n) is 8.70. The molecule has 2 heterocycles. The molecule has 1 aromatic carbocycles. The second-order valence-corrected chi connectivity index (χ2v) is 18.1. The van der Waals surface area contributed by atoms with Crippen molar-refractivity contribution in [1.29, 1.82) is 0 Å². The number of anilines is 1. The van der Waals surface area contributed by atoms with E-state index in [-0.39, 0.29) is 26.5 Å². The summed E-state index contributed by atoms with van der Waals surface area (Å²) in [6.07, 6.45) is 5.70. The summed E-state index contributed by atoms with van der Waals surface area (Å²) >= 11 is 3.03. The first kappa shape index (κ1) is 25.3. The van der Waals surface area contributed by atoms with Crippen molar-refractivity contribution in [2.75, 3.05) is 31.2 Å². The van der Waals surface area contributed by atoms with E-state index in [0.717, 1.165) is 25.9 Å². The Hall–Kier alpha value is -1.32. The molecule has 0 amide bonds. The number of hydrogen-bond acceptors (Lipinski definition) is 5. The summed E-state index contributed by atoms with van der Waals surface area (Å²) in [6, 6.07) is 1.49. The molecule has 3 aliphatic rings. The smallest absolute Gasteiger partial charge is 0.319 e. The molecular weight excluding hydrogens is 532 g/mol. The van der Waals surface area contributed by atoms with Gasteiger partial charge in [0.25, 0.3) is 0 Å². The Labute approximate surface area is 216 Å². The molecular formula is C26H36BrF2N3O2Si. The lowest BCUT2D eigenvalue weighted by atomic mass is 9.98. The second-order valence-electron chi connectivity index (χ2n) is 12.5. The van der Waals surface area contributed by atoms with Crippen LogP contribution in [0.15, 0.2) is 10.5 Å². The molecule has 2 unspecified atom stereocenters. The first-order valence-electron chi connectivity index (χ1n) is 12.7. The summed E-state index contributed by atoms with van der Waals surface area (Å²) in [7, 11) is -1.86. The van der Waals surface area contributed by atoms with Crippen LogP contribution in [0.5, 0.6) is 6.01 Å². The van der Waals surface area contributed by atoms with E-state index >= 15 is 4.39 Å². The lowest BCUT2D eigenvalue weighted by Gasteiger charge is -2.37. The maximum Gasteiger partial charge on any atom is 0.319 e. The molecule has 9 heteroatoms.